The predicted octanol–water partition coefficient (Wildman–Crippen LogP) is 4.08. The number of aromatic nitrogens is 6. The van der Waals surface area contributed by atoms with Gasteiger partial charge in [-0.3, -0.25) is 15.1 Å². The van der Waals surface area contributed by atoms with Gasteiger partial charge in [0.1, 0.15) is 17.0 Å². The predicted molar refractivity (Wildman–Crippen MR) is 118 cm³/mol. The molecule has 0 saturated heterocycles. The first kappa shape index (κ1) is 17.9. The molecule has 1 aliphatic rings. The van der Waals surface area contributed by atoms with Crippen LogP contribution in [0.15, 0.2) is 55.0 Å². The van der Waals surface area contributed by atoms with E-state index >= 15 is 0 Å². The summed E-state index contributed by atoms with van der Waals surface area (Å²) < 4.78 is 14.4. The van der Waals surface area contributed by atoms with Crippen molar-refractivity contribution in [3.8, 4) is 22.6 Å². The van der Waals surface area contributed by atoms with Gasteiger partial charge in [0.2, 0.25) is 0 Å². The number of fused-ring (bicyclic) bond motifs is 2. The number of benzene rings is 1. The summed E-state index contributed by atoms with van der Waals surface area (Å²) in [6, 6.07) is 8.69. The van der Waals surface area contributed by atoms with Gasteiger partial charge in [-0.2, -0.15) is 5.10 Å². The summed E-state index contributed by atoms with van der Waals surface area (Å²) in [5.74, 6) is 0.292. The molecule has 0 aliphatic carbocycles. The summed E-state index contributed by atoms with van der Waals surface area (Å²) in [5, 5.41) is 11.8. The summed E-state index contributed by atoms with van der Waals surface area (Å²) in [7, 11) is 0. The van der Waals surface area contributed by atoms with E-state index < -0.39 is 0 Å². The Morgan fingerprint density at radius 3 is 2.81 bits per heavy atom. The van der Waals surface area contributed by atoms with E-state index in [9.17, 15) is 4.39 Å². The standard InChI is InChI=1S/C23H18FN7/c24-17-4-2-1-3-14(17)16-10-26-11-20-21(16)29-23(28-20)22-15-9-18(13-5-7-25-8-6-13)27-12-19(15)30-31-22/h1-5,9-12,25H,6-8H2,(H,28,29)(H,30,31). The van der Waals surface area contributed by atoms with Crippen LogP contribution in [0.4, 0.5) is 4.39 Å². The van der Waals surface area contributed by atoms with Crippen LogP contribution in [0.3, 0.4) is 0 Å². The maximum Gasteiger partial charge on any atom is 0.159 e. The SMILES string of the molecule is Fc1ccccc1-c1cncc2[nH]c(-c3n[nH]c4cnc(C5=CCNCC5)cc34)nc12. The van der Waals surface area contributed by atoms with E-state index in [1.807, 2.05) is 0 Å². The monoisotopic (exact) mass is 411 g/mol. The highest BCUT2D eigenvalue weighted by Crippen LogP contribution is 2.32. The van der Waals surface area contributed by atoms with Crippen LogP contribution in [0.25, 0.3) is 50.2 Å². The molecule has 1 aliphatic heterocycles. The Hall–Kier alpha value is -3.91. The van der Waals surface area contributed by atoms with Gasteiger partial charge in [-0.15, -0.1) is 0 Å². The number of nitrogens with one attached hydrogen (secondary N) is 3. The van der Waals surface area contributed by atoms with E-state index in [1.54, 1.807) is 36.8 Å². The summed E-state index contributed by atoms with van der Waals surface area (Å²) in [6.45, 7) is 1.79. The first-order valence-electron chi connectivity index (χ1n) is 10.1. The van der Waals surface area contributed by atoms with Crippen molar-refractivity contribution in [2.75, 3.05) is 13.1 Å². The van der Waals surface area contributed by atoms with Crippen molar-refractivity contribution in [1.82, 2.24) is 35.5 Å². The molecule has 31 heavy (non-hydrogen) atoms. The Morgan fingerprint density at radius 1 is 1.00 bits per heavy atom. The number of hydrogen-bond donors (Lipinski definition) is 3. The number of imidazole rings is 1. The molecule has 8 heteroatoms. The number of halogens is 1. The van der Waals surface area contributed by atoms with Gasteiger partial charge in [0.15, 0.2) is 5.82 Å². The smallest absolute Gasteiger partial charge is 0.159 e. The molecule has 5 aromatic rings. The largest absolute Gasteiger partial charge is 0.335 e. The molecule has 6 rings (SSSR count). The number of H-pyrrole nitrogens is 2. The average Bonchev–Trinajstić information content (AvgIpc) is 3.43. The molecule has 0 atom stereocenters. The van der Waals surface area contributed by atoms with Crippen LogP contribution >= 0.6 is 0 Å². The summed E-state index contributed by atoms with van der Waals surface area (Å²) >= 11 is 0. The van der Waals surface area contributed by atoms with E-state index in [2.05, 4.69) is 42.6 Å². The first-order valence-corrected chi connectivity index (χ1v) is 10.1. The topological polar surface area (TPSA) is 95.2 Å². The van der Waals surface area contributed by atoms with Crippen LogP contribution in [0.1, 0.15) is 12.1 Å². The summed E-state index contributed by atoms with van der Waals surface area (Å²) in [5.41, 5.74) is 6.19. The molecule has 0 fully saturated rings. The normalized spacial score (nSPS) is 14.3. The highest BCUT2D eigenvalue weighted by Gasteiger charge is 2.18. The number of rotatable bonds is 3. The third-order valence-electron chi connectivity index (χ3n) is 5.62. The number of pyridine rings is 2. The molecule has 0 bridgehead atoms. The maximum absolute atomic E-state index is 14.4. The third kappa shape index (κ3) is 3.00. The average molecular weight is 411 g/mol. The number of hydrogen-bond acceptors (Lipinski definition) is 5. The van der Waals surface area contributed by atoms with Crippen LogP contribution < -0.4 is 5.32 Å². The molecule has 0 radical (unpaired) electrons. The second-order valence-electron chi connectivity index (χ2n) is 7.52. The van der Waals surface area contributed by atoms with Gasteiger partial charge in [0.25, 0.3) is 0 Å². The van der Waals surface area contributed by atoms with Crippen molar-refractivity contribution in [2.24, 2.45) is 0 Å². The van der Waals surface area contributed by atoms with Crippen molar-refractivity contribution in [3.05, 3.63) is 66.5 Å². The highest BCUT2D eigenvalue weighted by atomic mass is 19.1. The Bertz CT molecular complexity index is 1460. The number of aromatic amines is 2. The quantitative estimate of drug-likeness (QED) is 0.416. The molecule has 3 N–H and O–H groups in total. The van der Waals surface area contributed by atoms with Gasteiger partial charge in [0, 0.05) is 29.3 Å². The second kappa shape index (κ2) is 7.10. The molecule has 0 spiro atoms. The van der Waals surface area contributed by atoms with E-state index in [1.165, 1.54) is 11.6 Å². The van der Waals surface area contributed by atoms with Gasteiger partial charge < -0.3 is 10.3 Å². The molecule has 152 valence electrons. The molecule has 0 amide bonds. The van der Waals surface area contributed by atoms with Gasteiger partial charge in [-0.05, 0) is 30.7 Å². The minimum atomic E-state index is -0.308. The van der Waals surface area contributed by atoms with E-state index in [0.717, 1.165) is 41.6 Å². The molecular weight excluding hydrogens is 393 g/mol. The second-order valence-corrected chi connectivity index (χ2v) is 7.52. The Morgan fingerprint density at radius 2 is 1.94 bits per heavy atom. The Kier molecular flexibility index (Phi) is 4.10. The lowest BCUT2D eigenvalue weighted by Gasteiger charge is -2.13. The lowest BCUT2D eigenvalue weighted by atomic mass is 10.0. The fraction of sp³-hybridized carbons (Fsp3) is 0.130. The Balaban J connectivity index is 1.50. The van der Waals surface area contributed by atoms with Crippen molar-refractivity contribution < 1.29 is 4.39 Å². The van der Waals surface area contributed by atoms with Crippen molar-refractivity contribution in [1.29, 1.82) is 0 Å². The minimum absolute atomic E-state index is 0.308. The molecular formula is C23H18FN7. The highest BCUT2D eigenvalue weighted by molar-refractivity contribution is 5.97. The molecule has 5 heterocycles. The van der Waals surface area contributed by atoms with Crippen LogP contribution in [-0.2, 0) is 0 Å². The van der Waals surface area contributed by atoms with E-state index in [0.29, 0.717) is 28.2 Å². The molecule has 0 unspecified atom stereocenters. The Labute approximate surface area is 176 Å². The zero-order valence-electron chi connectivity index (χ0n) is 16.5. The molecule has 1 aromatic carbocycles. The molecule has 7 nitrogen and oxygen atoms in total. The van der Waals surface area contributed by atoms with E-state index in [-0.39, 0.29) is 5.82 Å². The molecule has 0 saturated carbocycles. The van der Waals surface area contributed by atoms with Crippen LogP contribution in [0.2, 0.25) is 0 Å². The lowest BCUT2D eigenvalue weighted by Crippen LogP contribution is -2.20. The van der Waals surface area contributed by atoms with Crippen molar-refractivity contribution in [2.45, 2.75) is 6.42 Å². The molecule has 4 aromatic heterocycles. The fourth-order valence-corrected chi connectivity index (χ4v) is 4.05. The zero-order chi connectivity index (χ0) is 20.8. The van der Waals surface area contributed by atoms with Crippen molar-refractivity contribution in [3.63, 3.8) is 0 Å². The summed E-state index contributed by atoms with van der Waals surface area (Å²) in [6.07, 6.45) is 8.25. The third-order valence-corrected chi connectivity index (χ3v) is 5.62. The zero-order valence-corrected chi connectivity index (χ0v) is 16.5. The van der Waals surface area contributed by atoms with Gasteiger partial charge >= 0.3 is 0 Å². The van der Waals surface area contributed by atoms with Crippen molar-refractivity contribution >= 4 is 27.5 Å². The van der Waals surface area contributed by atoms with Gasteiger partial charge in [-0.1, -0.05) is 24.3 Å². The van der Waals surface area contributed by atoms with E-state index in [4.69, 9.17) is 4.98 Å². The lowest BCUT2D eigenvalue weighted by molar-refractivity contribution is 0.631. The summed E-state index contributed by atoms with van der Waals surface area (Å²) in [4.78, 5) is 16.9. The minimum Gasteiger partial charge on any atom is -0.335 e. The van der Waals surface area contributed by atoms with Crippen LogP contribution in [0.5, 0.6) is 0 Å². The van der Waals surface area contributed by atoms with Gasteiger partial charge in [-0.25, -0.2) is 9.37 Å². The van der Waals surface area contributed by atoms with Crippen LogP contribution in [-0.4, -0.2) is 43.2 Å². The van der Waals surface area contributed by atoms with Gasteiger partial charge in [0.05, 0.1) is 29.1 Å². The van der Waals surface area contributed by atoms with Crippen LogP contribution in [0, 0.1) is 5.82 Å². The first-order chi connectivity index (χ1) is 15.3. The fourth-order valence-electron chi connectivity index (χ4n) is 4.05. The maximum atomic E-state index is 14.4. The number of nitrogens with zero attached hydrogens (tertiary/aromatic N) is 4.